The molecule has 1 heterocycles. The second kappa shape index (κ2) is 4.35. The number of nitrogens with zero attached hydrogens (tertiary/aromatic N) is 2. The molecule has 0 saturated carbocycles. The zero-order valence-corrected chi connectivity index (χ0v) is 9.83. The molecule has 84 valence electrons. The summed E-state index contributed by atoms with van der Waals surface area (Å²) < 4.78 is 0. The van der Waals surface area contributed by atoms with E-state index in [9.17, 15) is 0 Å². The molecule has 0 saturated heterocycles. The minimum atomic E-state index is 0.856. The topological polar surface area (TPSA) is 49.8 Å². The van der Waals surface area contributed by atoms with Crippen LogP contribution >= 0.6 is 0 Å². The Bertz CT molecular complexity index is 508. The number of anilines is 2. The standard InChI is InChI=1S/C12H16N4/c1-4-14-12-9-6-10(13-3)8(2)5-11(9)15-7-16-12/h5-7,13H,4H2,1-3H3,(H,14,15,16). The van der Waals surface area contributed by atoms with Gasteiger partial charge in [0.05, 0.1) is 5.52 Å². The first-order valence-corrected chi connectivity index (χ1v) is 5.43. The molecule has 16 heavy (non-hydrogen) atoms. The Kier molecular flexibility index (Phi) is 2.90. The Morgan fingerprint density at radius 1 is 1.25 bits per heavy atom. The molecule has 2 rings (SSSR count). The minimum Gasteiger partial charge on any atom is -0.388 e. The maximum Gasteiger partial charge on any atom is 0.137 e. The highest BCUT2D eigenvalue weighted by Crippen LogP contribution is 2.25. The van der Waals surface area contributed by atoms with Crippen molar-refractivity contribution >= 4 is 22.4 Å². The van der Waals surface area contributed by atoms with Crippen molar-refractivity contribution in [1.82, 2.24) is 9.97 Å². The molecule has 0 aliphatic rings. The van der Waals surface area contributed by atoms with Crippen molar-refractivity contribution in [2.24, 2.45) is 0 Å². The summed E-state index contributed by atoms with van der Waals surface area (Å²) in [5.41, 5.74) is 3.28. The lowest BCUT2D eigenvalue weighted by atomic mass is 10.1. The van der Waals surface area contributed by atoms with Crippen molar-refractivity contribution in [2.45, 2.75) is 13.8 Å². The molecule has 2 aromatic rings. The quantitative estimate of drug-likeness (QED) is 0.827. The fraction of sp³-hybridized carbons (Fsp3) is 0.333. The summed E-state index contributed by atoms with van der Waals surface area (Å²) in [5.74, 6) is 0.893. The van der Waals surface area contributed by atoms with Crippen LogP contribution in [0.2, 0.25) is 0 Å². The first-order valence-electron chi connectivity index (χ1n) is 5.43. The van der Waals surface area contributed by atoms with Gasteiger partial charge in [-0.1, -0.05) is 0 Å². The fourth-order valence-electron chi connectivity index (χ4n) is 1.79. The third-order valence-corrected chi connectivity index (χ3v) is 2.60. The largest absolute Gasteiger partial charge is 0.388 e. The highest BCUT2D eigenvalue weighted by Gasteiger charge is 2.05. The molecule has 0 spiro atoms. The molecular formula is C12H16N4. The lowest BCUT2D eigenvalue weighted by Gasteiger charge is -2.10. The predicted molar refractivity (Wildman–Crippen MR) is 68.0 cm³/mol. The van der Waals surface area contributed by atoms with E-state index in [4.69, 9.17) is 0 Å². The van der Waals surface area contributed by atoms with Gasteiger partial charge in [-0.3, -0.25) is 0 Å². The van der Waals surface area contributed by atoms with E-state index in [2.05, 4.69) is 46.6 Å². The van der Waals surface area contributed by atoms with Gasteiger partial charge in [0.1, 0.15) is 12.1 Å². The maximum absolute atomic E-state index is 4.28. The van der Waals surface area contributed by atoms with Crippen LogP contribution in [0.5, 0.6) is 0 Å². The van der Waals surface area contributed by atoms with E-state index in [0.29, 0.717) is 0 Å². The summed E-state index contributed by atoms with van der Waals surface area (Å²) in [6, 6.07) is 4.16. The molecule has 0 atom stereocenters. The SMILES string of the molecule is CCNc1ncnc2cc(C)c(NC)cc12. The lowest BCUT2D eigenvalue weighted by molar-refractivity contribution is 1.14. The van der Waals surface area contributed by atoms with Gasteiger partial charge in [0, 0.05) is 24.7 Å². The number of fused-ring (bicyclic) bond motifs is 1. The molecule has 0 fully saturated rings. The minimum absolute atomic E-state index is 0.856. The molecule has 0 aliphatic carbocycles. The van der Waals surface area contributed by atoms with Gasteiger partial charge < -0.3 is 10.6 Å². The lowest BCUT2D eigenvalue weighted by Crippen LogP contribution is -2.01. The summed E-state index contributed by atoms with van der Waals surface area (Å²) >= 11 is 0. The maximum atomic E-state index is 4.28. The van der Waals surface area contributed by atoms with Gasteiger partial charge in [0.25, 0.3) is 0 Å². The van der Waals surface area contributed by atoms with E-state index in [1.165, 1.54) is 5.56 Å². The van der Waals surface area contributed by atoms with E-state index < -0.39 is 0 Å². The third kappa shape index (κ3) is 1.78. The van der Waals surface area contributed by atoms with E-state index in [1.54, 1.807) is 6.33 Å². The molecule has 4 nitrogen and oxygen atoms in total. The van der Waals surface area contributed by atoms with Gasteiger partial charge in [-0.25, -0.2) is 9.97 Å². The van der Waals surface area contributed by atoms with Crippen LogP contribution in [-0.2, 0) is 0 Å². The van der Waals surface area contributed by atoms with Crippen molar-refractivity contribution in [3.63, 3.8) is 0 Å². The average Bonchev–Trinajstić information content (AvgIpc) is 2.29. The van der Waals surface area contributed by atoms with Gasteiger partial charge in [-0.2, -0.15) is 0 Å². The van der Waals surface area contributed by atoms with Gasteiger partial charge in [-0.05, 0) is 31.5 Å². The van der Waals surface area contributed by atoms with Gasteiger partial charge in [0.15, 0.2) is 0 Å². The molecule has 0 bridgehead atoms. The summed E-state index contributed by atoms with van der Waals surface area (Å²) in [7, 11) is 1.92. The highest BCUT2D eigenvalue weighted by atomic mass is 15.0. The molecular weight excluding hydrogens is 200 g/mol. The van der Waals surface area contributed by atoms with Crippen LogP contribution < -0.4 is 10.6 Å². The Labute approximate surface area is 95.1 Å². The Morgan fingerprint density at radius 3 is 2.75 bits per heavy atom. The first-order chi connectivity index (χ1) is 7.76. The summed E-state index contributed by atoms with van der Waals surface area (Å²) in [5, 5.41) is 7.47. The Morgan fingerprint density at radius 2 is 2.06 bits per heavy atom. The summed E-state index contributed by atoms with van der Waals surface area (Å²) in [6.07, 6.45) is 1.60. The Hall–Kier alpha value is -1.84. The van der Waals surface area contributed by atoms with E-state index >= 15 is 0 Å². The molecule has 4 heteroatoms. The van der Waals surface area contributed by atoms with Crippen molar-refractivity contribution in [3.8, 4) is 0 Å². The van der Waals surface area contributed by atoms with E-state index in [0.717, 1.165) is 29.0 Å². The van der Waals surface area contributed by atoms with Crippen molar-refractivity contribution in [1.29, 1.82) is 0 Å². The van der Waals surface area contributed by atoms with Crippen molar-refractivity contribution < 1.29 is 0 Å². The summed E-state index contributed by atoms with van der Waals surface area (Å²) in [6.45, 7) is 4.98. The zero-order chi connectivity index (χ0) is 11.5. The van der Waals surface area contributed by atoms with Crippen LogP contribution in [0.25, 0.3) is 10.9 Å². The number of aryl methyl sites for hydroxylation is 1. The van der Waals surface area contributed by atoms with Crippen molar-refractivity contribution in [2.75, 3.05) is 24.2 Å². The molecule has 0 aliphatic heterocycles. The fourth-order valence-corrected chi connectivity index (χ4v) is 1.79. The monoisotopic (exact) mass is 216 g/mol. The molecule has 1 aromatic heterocycles. The van der Waals surface area contributed by atoms with E-state index in [1.807, 2.05) is 7.05 Å². The second-order valence-corrected chi connectivity index (χ2v) is 3.69. The van der Waals surface area contributed by atoms with Crippen LogP contribution in [-0.4, -0.2) is 23.6 Å². The van der Waals surface area contributed by atoms with E-state index in [-0.39, 0.29) is 0 Å². The number of nitrogens with one attached hydrogen (secondary N) is 2. The van der Waals surface area contributed by atoms with Gasteiger partial charge in [0.2, 0.25) is 0 Å². The zero-order valence-electron chi connectivity index (χ0n) is 9.83. The molecule has 0 radical (unpaired) electrons. The number of aromatic nitrogens is 2. The highest BCUT2D eigenvalue weighted by molar-refractivity contribution is 5.92. The van der Waals surface area contributed by atoms with Crippen LogP contribution in [0.4, 0.5) is 11.5 Å². The molecule has 1 aromatic carbocycles. The van der Waals surface area contributed by atoms with Crippen LogP contribution in [0.3, 0.4) is 0 Å². The van der Waals surface area contributed by atoms with Gasteiger partial charge in [-0.15, -0.1) is 0 Å². The van der Waals surface area contributed by atoms with Crippen molar-refractivity contribution in [3.05, 3.63) is 24.0 Å². The smallest absolute Gasteiger partial charge is 0.137 e. The summed E-state index contributed by atoms with van der Waals surface area (Å²) in [4.78, 5) is 8.53. The molecule has 2 N–H and O–H groups in total. The first kappa shape index (κ1) is 10.7. The second-order valence-electron chi connectivity index (χ2n) is 3.69. The normalized spacial score (nSPS) is 10.4. The average molecular weight is 216 g/mol. The number of rotatable bonds is 3. The van der Waals surface area contributed by atoms with Crippen LogP contribution in [0, 0.1) is 6.92 Å². The number of hydrogen-bond donors (Lipinski definition) is 2. The van der Waals surface area contributed by atoms with Crippen LogP contribution in [0.1, 0.15) is 12.5 Å². The number of benzene rings is 1. The van der Waals surface area contributed by atoms with Gasteiger partial charge >= 0.3 is 0 Å². The third-order valence-electron chi connectivity index (χ3n) is 2.60. The van der Waals surface area contributed by atoms with Crippen LogP contribution in [0.15, 0.2) is 18.5 Å². The molecule has 0 unspecified atom stereocenters. The predicted octanol–water partition coefficient (Wildman–Crippen LogP) is 2.41. The number of hydrogen-bond acceptors (Lipinski definition) is 4. The molecule has 0 amide bonds. The Balaban J connectivity index is 2.66.